The van der Waals surface area contributed by atoms with Gasteiger partial charge in [-0.05, 0) is 24.6 Å². The fourth-order valence-corrected chi connectivity index (χ4v) is 1.41. The van der Waals surface area contributed by atoms with Crippen LogP contribution >= 0.6 is 0 Å². The highest BCUT2D eigenvalue weighted by atomic mass is 16.5. The first-order chi connectivity index (χ1) is 7.72. The van der Waals surface area contributed by atoms with Crippen LogP contribution in [0.25, 0.3) is 0 Å². The molecular formula is C13H17NO2. The maximum absolute atomic E-state index is 6.00. The molecule has 1 aromatic rings. The number of hydrogen-bond acceptors (Lipinski definition) is 3. The van der Waals surface area contributed by atoms with Gasteiger partial charge in [0.05, 0.1) is 14.2 Å². The van der Waals surface area contributed by atoms with Gasteiger partial charge in [0.2, 0.25) is 0 Å². The molecule has 0 saturated carbocycles. The van der Waals surface area contributed by atoms with Crippen LogP contribution in [0.3, 0.4) is 0 Å². The van der Waals surface area contributed by atoms with Crippen LogP contribution in [0.5, 0.6) is 11.5 Å². The van der Waals surface area contributed by atoms with Crippen molar-refractivity contribution in [2.45, 2.75) is 19.4 Å². The molecule has 1 atom stereocenters. The molecule has 3 heteroatoms. The smallest absolute Gasteiger partial charge is 0.161 e. The fraction of sp³-hybridized carbons (Fsp3) is 0.385. The topological polar surface area (TPSA) is 44.5 Å². The Bertz CT molecular complexity index is 404. The summed E-state index contributed by atoms with van der Waals surface area (Å²) in [6, 6.07) is 5.59. The Morgan fingerprint density at radius 2 is 1.94 bits per heavy atom. The molecule has 0 aliphatic heterocycles. The van der Waals surface area contributed by atoms with E-state index in [4.69, 9.17) is 15.2 Å². The van der Waals surface area contributed by atoms with E-state index in [2.05, 4.69) is 11.8 Å². The number of benzene rings is 1. The van der Waals surface area contributed by atoms with E-state index in [9.17, 15) is 0 Å². The minimum atomic E-state index is -0.0905. The molecule has 0 radical (unpaired) electrons. The third-order valence-corrected chi connectivity index (χ3v) is 2.33. The molecule has 1 rings (SSSR count). The number of nitrogens with two attached hydrogens (primary N) is 1. The highest BCUT2D eigenvalue weighted by Gasteiger charge is 2.09. The monoisotopic (exact) mass is 219 g/mol. The van der Waals surface area contributed by atoms with E-state index in [-0.39, 0.29) is 6.04 Å². The summed E-state index contributed by atoms with van der Waals surface area (Å²) in [5.74, 6) is 7.20. The average molecular weight is 219 g/mol. The van der Waals surface area contributed by atoms with Gasteiger partial charge in [0.15, 0.2) is 11.5 Å². The van der Waals surface area contributed by atoms with E-state index < -0.39 is 0 Å². The first kappa shape index (κ1) is 12.4. The van der Waals surface area contributed by atoms with Crippen LogP contribution in [0.2, 0.25) is 0 Å². The molecule has 16 heavy (non-hydrogen) atoms. The molecule has 2 N–H and O–H groups in total. The summed E-state index contributed by atoms with van der Waals surface area (Å²) in [6.07, 6.45) is 0.645. The second kappa shape index (κ2) is 6.04. The third-order valence-electron chi connectivity index (χ3n) is 2.33. The molecule has 0 fully saturated rings. The molecular weight excluding hydrogens is 202 g/mol. The maximum atomic E-state index is 6.00. The summed E-state index contributed by atoms with van der Waals surface area (Å²) in [5.41, 5.74) is 7.00. The highest BCUT2D eigenvalue weighted by Crippen LogP contribution is 2.29. The summed E-state index contributed by atoms with van der Waals surface area (Å²) in [6.45, 7) is 1.81. The second-order valence-corrected chi connectivity index (χ2v) is 3.35. The van der Waals surface area contributed by atoms with Crippen molar-refractivity contribution in [2.75, 3.05) is 14.2 Å². The minimum Gasteiger partial charge on any atom is -0.493 e. The van der Waals surface area contributed by atoms with Gasteiger partial charge in [-0.1, -0.05) is 6.07 Å². The van der Waals surface area contributed by atoms with Crippen LogP contribution in [0.15, 0.2) is 18.2 Å². The zero-order valence-electron chi connectivity index (χ0n) is 9.91. The Hall–Kier alpha value is -1.66. The lowest BCUT2D eigenvalue weighted by atomic mass is 10.0. The second-order valence-electron chi connectivity index (χ2n) is 3.35. The van der Waals surface area contributed by atoms with Crippen molar-refractivity contribution in [2.24, 2.45) is 5.73 Å². The summed E-state index contributed by atoms with van der Waals surface area (Å²) < 4.78 is 10.4. The molecule has 1 aromatic carbocycles. The van der Waals surface area contributed by atoms with E-state index in [0.717, 1.165) is 5.56 Å². The van der Waals surface area contributed by atoms with Gasteiger partial charge in [-0.25, -0.2) is 0 Å². The van der Waals surface area contributed by atoms with Crippen molar-refractivity contribution in [3.05, 3.63) is 23.8 Å². The molecule has 0 amide bonds. The lowest BCUT2D eigenvalue weighted by Gasteiger charge is -2.12. The average Bonchev–Trinajstić information content (AvgIpc) is 2.34. The summed E-state index contributed by atoms with van der Waals surface area (Å²) in [5, 5.41) is 0. The van der Waals surface area contributed by atoms with Gasteiger partial charge in [-0.2, -0.15) is 0 Å². The van der Waals surface area contributed by atoms with Gasteiger partial charge in [0.25, 0.3) is 0 Å². The van der Waals surface area contributed by atoms with Crippen LogP contribution in [0, 0.1) is 11.8 Å². The quantitative estimate of drug-likeness (QED) is 0.789. The van der Waals surface area contributed by atoms with Crippen molar-refractivity contribution in [3.8, 4) is 23.3 Å². The highest BCUT2D eigenvalue weighted by molar-refractivity contribution is 5.43. The molecule has 0 aliphatic rings. The first-order valence-electron chi connectivity index (χ1n) is 5.10. The predicted molar refractivity (Wildman–Crippen MR) is 64.5 cm³/mol. The van der Waals surface area contributed by atoms with Crippen LogP contribution in [0.1, 0.15) is 24.9 Å². The largest absolute Gasteiger partial charge is 0.493 e. The van der Waals surface area contributed by atoms with Gasteiger partial charge in [-0.15, -0.1) is 11.8 Å². The molecule has 0 aliphatic carbocycles. The Morgan fingerprint density at radius 1 is 1.25 bits per heavy atom. The van der Waals surface area contributed by atoms with Crippen molar-refractivity contribution in [1.82, 2.24) is 0 Å². The first-order valence-corrected chi connectivity index (χ1v) is 5.10. The Labute approximate surface area is 96.6 Å². The summed E-state index contributed by atoms with van der Waals surface area (Å²) in [7, 11) is 3.22. The molecule has 1 unspecified atom stereocenters. The van der Waals surface area contributed by atoms with Crippen molar-refractivity contribution < 1.29 is 9.47 Å². The molecule has 0 saturated heterocycles. The van der Waals surface area contributed by atoms with E-state index in [1.807, 2.05) is 18.2 Å². The summed E-state index contributed by atoms with van der Waals surface area (Å²) in [4.78, 5) is 0. The van der Waals surface area contributed by atoms with E-state index in [1.165, 1.54) is 0 Å². The lowest BCUT2D eigenvalue weighted by molar-refractivity contribution is 0.354. The van der Waals surface area contributed by atoms with Gasteiger partial charge in [0.1, 0.15) is 0 Å². The maximum Gasteiger partial charge on any atom is 0.161 e. The van der Waals surface area contributed by atoms with E-state index in [0.29, 0.717) is 17.9 Å². The van der Waals surface area contributed by atoms with Gasteiger partial charge < -0.3 is 15.2 Å². The molecule has 86 valence electrons. The van der Waals surface area contributed by atoms with Gasteiger partial charge >= 0.3 is 0 Å². The third kappa shape index (κ3) is 2.91. The minimum absolute atomic E-state index is 0.0905. The van der Waals surface area contributed by atoms with Crippen molar-refractivity contribution in [3.63, 3.8) is 0 Å². The molecule has 0 spiro atoms. The zero-order chi connectivity index (χ0) is 12.0. The van der Waals surface area contributed by atoms with E-state index >= 15 is 0 Å². The van der Waals surface area contributed by atoms with Crippen LogP contribution in [0.4, 0.5) is 0 Å². The number of ether oxygens (including phenoxy) is 2. The summed E-state index contributed by atoms with van der Waals surface area (Å²) >= 11 is 0. The molecule has 0 bridgehead atoms. The molecule has 0 aromatic heterocycles. The number of hydrogen-bond donors (Lipinski definition) is 1. The predicted octanol–water partition coefficient (Wildman–Crippen LogP) is 2.12. The lowest BCUT2D eigenvalue weighted by Crippen LogP contribution is -2.09. The van der Waals surface area contributed by atoms with Gasteiger partial charge in [-0.3, -0.25) is 0 Å². The van der Waals surface area contributed by atoms with E-state index in [1.54, 1.807) is 21.1 Å². The van der Waals surface area contributed by atoms with Crippen molar-refractivity contribution in [1.29, 1.82) is 0 Å². The zero-order valence-corrected chi connectivity index (χ0v) is 9.91. The van der Waals surface area contributed by atoms with Crippen LogP contribution in [-0.2, 0) is 0 Å². The number of methoxy groups -OCH3 is 2. The number of rotatable bonds is 4. The SMILES string of the molecule is CC#CCC(N)c1ccc(OC)c(OC)c1. The van der Waals surface area contributed by atoms with Crippen molar-refractivity contribution >= 4 is 0 Å². The standard InChI is InChI=1S/C13H17NO2/c1-4-5-6-11(14)10-7-8-12(15-2)13(9-10)16-3/h7-9,11H,6,14H2,1-3H3. The Balaban J connectivity index is 2.92. The Kier molecular flexibility index (Phi) is 4.68. The van der Waals surface area contributed by atoms with Crippen LogP contribution < -0.4 is 15.2 Å². The molecule has 3 nitrogen and oxygen atoms in total. The normalized spacial score (nSPS) is 11.2. The molecule has 0 heterocycles. The fourth-order valence-electron chi connectivity index (χ4n) is 1.41. The Morgan fingerprint density at radius 3 is 2.50 bits per heavy atom. The van der Waals surface area contributed by atoms with Crippen LogP contribution in [-0.4, -0.2) is 14.2 Å². The van der Waals surface area contributed by atoms with Gasteiger partial charge in [0, 0.05) is 12.5 Å².